The van der Waals surface area contributed by atoms with Gasteiger partial charge in [0, 0.05) is 32.6 Å². The molecule has 5 aromatic rings. The molecule has 1 aliphatic rings. The zero-order valence-electron chi connectivity index (χ0n) is 20.2. The van der Waals surface area contributed by atoms with Crippen LogP contribution in [0.3, 0.4) is 0 Å². The molecule has 37 heavy (non-hydrogen) atoms. The van der Waals surface area contributed by atoms with Crippen LogP contribution in [0, 0.1) is 6.92 Å². The van der Waals surface area contributed by atoms with E-state index in [0.717, 1.165) is 32.6 Å². The van der Waals surface area contributed by atoms with Gasteiger partial charge < -0.3 is 9.72 Å². The number of nitrogens with one attached hydrogen (secondary N) is 1. The van der Waals surface area contributed by atoms with Crippen LogP contribution in [0.1, 0.15) is 34.7 Å². The number of esters is 1. The molecule has 3 aromatic heterocycles. The number of rotatable bonds is 5. The lowest BCUT2D eigenvalue weighted by molar-refractivity contribution is -0.138. The molecule has 0 spiro atoms. The molecule has 8 heteroatoms. The normalized spacial score (nSPS) is 15.6. The Hall–Kier alpha value is -4.01. The first-order valence-electron chi connectivity index (χ1n) is 12.0. The molecule has 4 heterocycles. The van der Waals surface area contributed by atoms with E-state index >= 15 is 0 Å². The maximum atomic E-state index is 14.0. The number of benzene rings is 2. The fourth-order valence-electron chi connectivity index (χ4n) is 4.77. The van der Waals surface area contributed by atoms with E-state index in [1.807, 2.05) is 85.1 Å². The van der Waals surface area contributed by atoms with Gasteiger partial charge in [-0.2, -0.15) is 0 Å². The Morgan fingerprint density at radius 3 is 2.65 bits per heavy atom. The minimum Gasteiger partial charge on any atom is -0.463 e. The number of nitrogens with zero attached hydrogens (tertiary/aromatic N) is 2. The summed E-state index contributed by atoms with van der Waals surface area (Å²) >= 11 is 2.84. The van der Waals surface area contributed by atoms with Crippen LogP contribution < -0.4 is 14.9 Å². The molecule has 0 amide bonds. The molecule has 184 valence electrons. The molecule has 1 atom stereocenters. The summed E-state index contributed by atoms with van der Waals surface area (Å²) in [6, 6.07) is 20.9. The van der Waals surface area contributed by atoms with Crippen LogP contribution in [-0.2, 0) is 9.53 Å². The van der Waals surface area contributed by atoms with Crippen molar-refractivity contribution in [2.75, 3.05) is 6.61 Å². The van der Waals surface area contributed by atoms with E-state index in [4.69, 9.17) is 9.73 Å². The molecule has 2 aromatic carbocycles. The first-order chi connectivity index (χ1) is 18.1. The molecule has 0 saturated carbocycles. The van der Waals surface area contributed by atoms with E-state index in [1.165, 1.54) is 22.7 Å². The lowest BCUT2D eigenvalue weighted by Crippen LogP contribution is -2.39. The van der Waals surface area contributed by atoms with Crippen LogP contribution in [0.4, 0.5) is 0 Å². The Bertz CT molecular complexity index is 1840. The number of hydrogen-bond donors (Lipinski definition) is 1. The van der Waals surface area contributed by atoms with Gasteiger partial charge >= 0.3 is 5.97 Å². The monoisotopic (exact) mass is 525 g/mol. The highest BCUT2D eigenvalue weighted by molar-refractivity contribution is 7.10. The maximum absolute atomic E-state index is 14.0. The number of para-hydroxylation sites is 1. The fourth-order valence-corrected chi connectivity index (χ4v) is 6.58. The van der Waals surface area contributed by atoms with Gasteiger partial charge in [0.25, 0.3) is 5.56 Å². The van der Waals surface area contributed by atoms with Crippen molar-refractivity contribution in [2.24, 2.45) is 4.99 Å². The molecule has 1 N–H and O–H groups in total. The third-order valence-corrected chi connectivity index (χ3v) is 8.31. The average Bonchev–Trinajstić information content (AvgIpc) is 3.63. The van der Waals surface area contributed by atoms with Gasteiger partial charge in [0.2, 0.25) is 0 Å². The van der Waals surface area contributed by atoms with E-state index < -0.39 is 12.0 Å². The molecule has 0 fully saturated rings. The van der Waals surface area contributed by atoms with E-state index in [-0.39, 0.29) is 12.2 Å². The molecule has 6 nitrogen and oxygen atoms in total. The lowest BCUT2D eigenvalue weighted by atomic mass is 9.97. The summed E-state index contributed by atoms with van der Waals surface area (Å²) in [5.41, 5.74) is 4.51. The molecule has 0 saturated heterocycles. The quantitative estimate of drug-likeness (QED) is 0.335. The summed E-state index contributed by atoms with van der Waals surface area (Å²) in [5.74, 6) is -0.467. The molecule has 0 radical (unpaired) electrons. The standard InChI is InChI=1S/C29H23N3O3S2/c1-3-35-28(34)24-25(18-10-5-4-6-11-18)31-29-32(26(24)22-14-9-15-36-22)27(33)23(37-29)16-20-17(2)30-21-13-8-7-12-19(20)21/h4-16,26,30H,3H2,1-2H3. The van der Waals surface area contributed by atoms with Gasteiger partial charge in [0.15, 0.2) is 4.80 Å². The van der Waals surface area contributed by atoms with E-state index in [9.17, 15) is 9.59 Å². The van der Waals surface area contributed by atoms with E-state index in [1.54, 1.807) is 11.5 Å². The van der Waals surface area contributed by atoms with Crippen molar-refractivity contribution in [1.29, 1.82) is 0 Å². The Kier molecular flexibility index (Phi) is 5.98. The Balaban J connectivity index is 1.65. The average molecular weight is 526 g/mol. The Morgan fingerprint density at radius 1 is 1.11 bits per heavy atom. The van der Waals surface area contributed by atoms with Crippen molar-refractivity contribution in [3.8, 4) is 0 Å². The van der Waals surface area contributed by atoms with Crippen molar-refractivity contribution in [2.45, 2.75) is 19.9 Å². The smallest absolute Gasteiger partial charge is 0.338 e. The largest absolute Gasteiger partial charge is 0.463 e. The van der Waals surface area contributed by atoms with Crippen LogP contribution in [0.25, 0.3) is 22.7 Å². The van der Waals surface area contributed by atoms with Crippen LogP contribution in [0.15, 0.2) is 87.5 Å². The van der Waals surface area contributed by atoms with Gasteiger partial charge in [-0.1, -0.05) is 65.9 Å². The third-order valence-electron chi connectivity index (χ3n) is 6.41. The van der Waals surface area contributed by atoms with Gasteiger partial charge in [0.1, 0.15) is 6.04 Å². The van der Waals surface area contributed by atoms with Crippen LogP contribution in [0.5, 0.6) is 0 Å². The number of aromatic nitrogens is 2. The zero-order chi connectivity index (χ0) is 25.5. The topological polar surface area (TPSA) is 76.4 Å². The highest BCUT2D eigenvalue weighted by Gasteiger charge is 2.35. The first kappa shape index (κ1) is 23.4. The number of H-pyrrole nitrogens is 1. The number of aryl methyl sites for hydroxylation is 1. The maximum Gasteiger partial charge on any atom is 0.338 e. The molecule has 6 rings (SSSR count). The highest BCUT2D eigenvalue weighted by atomic mass is 32.1. The van der Waals surface area contributed by atoms with Crippen molar-refractivity contribution < 1.29 is 9.53 Å². The summed E-state index contributed by atoms with van der Waals surface area (Å²) < 4.78 is 7.70. The van der Waals surface area contributed by atoms with Gasteiger partial charge in [-0.25, -0.2) is 9.79 Å². The molecular weight excluding hydrogens is 502 g/mol. The minimum atomic E-state index is -0.628. The molecule has 1 unspecified atom stereocenters. The van der Waals surface area contributed by atoms with Crippen LogP contribution in [-0.4, -0.2) is 22.1 Å². The fraction of sp³-hybridized carbons (Fsp3) is 0.138. The first-order valence-corrected chi connectivity index (χ1v) is 13.7. The lowest BCUT2D eigenvalue weighted by Gasteiger charge is -2.24. The predicted octanol–water partition coefficient (Wildman–Crippen LogP) is 4.79. The number of carbonyl (C=O) groups excluding carboxylic acids is 1. The summed E-state index contributed by atoms with van der Waals surface area (Å²) in [7, 11) is 0. The number of thiophene rings is 1. The van der Waals surface area contributed by atoms with E-state index in [0.29, 0.717) is 20.6 Å². The van der Waals surface area contributed by atoms with Crippen molar-refractivity contribution in [3.05, 3.63) is 119 Å². The van der Waals surface area contributed by atoms with Crippen LogP contribution >= 0.6 is 22.7 Å². The van der Waals surface area contributed by atoms with Gasteiger partial charge in [-0.05, 0) is 37.4 Å². The molecule has 0 aliphatic carbocycles. The molecule has 0 bridgehead atoms. The van der Waals surface area contributed by atoms with Crippen LogP contribution in [0.2, 0.25) is 0 Å². The second-order valence-corrected chi connectivity index (χ2v) is 10.6. The van der Waals surface area contributed by atoms with Crippen molar-refractivity contribution in [1.82, 2.24) is 9.55 Å². The van der Waals surface area contributed by atoms with E-state index in [2.05, 4.69) is 4.98 Å². The van der Waals surface area contributed by atoms with Crippen molar-refractivity contribution >= 4 is 51.3 Å². The Morgan fingerprint density at radius 2 is 1.89 bits per heavy atom. The number of fused-ring (bicyclic) bond motifs is 2. The Labute approximate surface area is 220 Å². The minimum absolute atomic E-state index is 0.180. The van der Waals surface area contributed by atoms with Gasteiger partial charge in [0.05, 0.1) is 22.4 Å². The number of ether oxygens (including phenoxy) is 1. The SMILES string of the molecule is CCOC(=O)C1=C(c2ccccc2)N=c2sc(=Cc3c(C)[nH]c4ccccc34)c(=O)n2C1c1cccs1. The summed E-state index contributed by atoms with van der Waals surface area (Å²) in [6.45, 7) is 4.01. The highest BCUT2D eigenvalue weighted by Crippen LogP contribution is 2.36. The number of aromatic amines is 1. The van der Waals surface area contributed by atoms with Gasteiger partial charge in [-0.3, -0.25) is 9.36 Å². The third kappa shape index (κ3) is 3.98. The summed E-state index contributed by atoms with van der Waals surface area (Å²) in [4.78, 5) is 37.1. The summed E-state index contributed by atoms with van der Waals surface area (Å²) in [6.07, 6.45) is 1.93. The summed E-state index contributed by atoms with van der Waals surface area (Å²) in [5, 5.41) is 3.00. The second-order valence-electron chi connectivity index (χ2n) is 8.66. The predicted molar refractivity (Wildman–Crippen MR) is 148 cm³/mol. The number of thiazole rings is 1. The number of carbonyl (C=O) groups is 1. The molecule has 1 aliphatic heterocycles. The molecular formula is C29H23N3O3S2. The number of hydrogen-bond acceptors (Lipinski definition) is 6. The van der Waals surface area contributed by atoms with Gasteiger partial charge in [-0.15, -0.1) is 11.3 Å². The zero-order valence-corrected chi connectivity index (χ0v) is 21.9. The van der Waals surface area contributed by atoms with Crippen molar-refractivity contribution in [3.63, 3.8) is 0 Å². The second kappa shape index (κ2) is 9.46.